The molecule has 1 N–H and O–H groups in total. The van der Waals surface area contributed by atoms with Crippen LogP contribution in [-0.4, -0.2) is 15.3 Å². The summed E-state index contributed by atoms with van der Waals surface area (Å²) in [6.07, 6.45) is 0. The van der Waals surface area contributed by atoms with Crippen molar-refractivity contribution in [1.29, 1.82) is 0 Å². The fraction of sp³-hybridized carbons (Fsp3) is 0.273. The Kier molecular flexibility index (Phi) is 3.58. The lowest BCUT2D eigenvalue weighted by Gasteiger charge is -2.00. The number of hydrogen-bond donors (Lipinski definition) is 1. The zero-order valence-electron chi connectivity index (χ0n) is 8.88. The van der Waals surface area contributed by atoms with Crippen molar-refractivity contribution in [3.63, 3.8) is 0 Å². The molecule has 0 aliphatic carbocycles. The molecule has 0 spiro atoms. The zero-order chi connectivity index (χ0) is 11.4. The summed E-state index contributed by atoms with van der Waals surface area (Å²) < 4.78 is 5.27. The number of aromatic nitrogens is 2. The van der Waals surface area contributed by atoms with Gasteiger partial charge in [0.1, 0.15) is 0 Å². The summed E-state index contributed by atoms with van der Waals surface area (Å²) in [5.74, 6) is 1.85. The Hall–Kier alpha value is -1.33. The maximum Gasteiger partial charge on any atom is 0.226 e. The summed E-state index contributed by atoms with van der Waals surface area (Å²) in [5.41, 5.74) is 0.909. The van der Waals surface area contributed by atoms with Crippen LogP contribution in [0.4, 0.5) is 0 Å². The van der Waals surface area contributed by atoms with Crippen LogP contribution >= 0.6 is 11.8 Å². The second kappa shape index (κ2) is 5.14. The van der Waals surface area contributed by atoms with Gasteiger partial charge in [0.05, 0.1) is 12.4 Å². The fourth-order valence-electron chi connectivity index (χ4n) is 1.27. The zero-order valence-corrected chi connectivity index (χ0v) is 9.70. The van der Waals surface area contributed by atoms with Crippen molar-refractivity contribution < 1.29 is 9.52 Å². The number of aliphatic hydroxyl groups is 1. The van der Waals surface area contributed by atoms with E-state index in [0.717, 1.165) is 10.5 Å². The molecule has 0 aliphatic rings. The van der Waals surface area contributed by atoms with Crippen molar-refractivity contribution in [2.24, 2.45) is 0 Å². The molecule has 0 unspecified atom stereocenters. The van der Waals surface area contributed by atoms with Crippen LogP contribution in [0.15, 0.2) is 33.6 Å². The van der Waals surface area contributed by atoms with Gasteiger partial charge >= 0.3 is 0 Å². The average Bonchev–Trinajstić information content (AvgIpc) is 2.73. The van der Waals surface area contributed by atoms with Crippen LogP contribution in [0.5, 0.6) is 0 Å². The summed E-state index contributed by atoms with van der Waals surface area (Å²) in [4.78, 5) is 1.09. The van der Waals surface area contributed by atoms with Gasteiger partial charge in [0.25, 0.3) is 0 Å². The maximum atomic E-state index is 9.00. The van der Waals surface area contributed by atoms with Gasteiger partial charge in [0.2, 0.25) is 11.8 Å². The van der Waals surface area contributed by atoms with E-state index in [0.29, 0.717) is 17.5 Å². The summed E-state index contributed by atoms with van der Waals surface area (Å²) in [6.45, 7) is 1.83. The highest BCUT2D eigenvalue weighted by Crippen LogP contribution is 2.22. The van der Waals surface area contributed by atoms with Gasteiger partial charge in [-0.05, 0) is 17.7 Å². The van der Waals surface area contributed by atoms with Gasteiger partial charge in [0, 0.05) is 11.8 Å². The number of rotatable bonds is 4. The number of hydrogen-bond acceptors (Lipinski definition) is 5. The maximum absolute atomic E-state index is 9.00. The first-order valence-corrected chi connectivity index (χ1v) is 5.88. The van der Waals surface area contributed by atoms with Gasteiger partial charge in [0.15, 0.2) is 0 Å². The fourth-order valence-corrected chi connectivity index (χ4v) is 2.09. The first-order valence-electron chi connectivity index (χ1n) is 4.89. The molecule has 84 valence electrons. The molecule has 1 aromatic carbocycles. The highest BCUT2D eigenvalue weighted by atomic mass is 32.2. The number of aliphatic hydroxyl groups excluding tert-OH is 1. The number of nitrogens with zero attached hydrogens (tertiary/aromatic N) is 2. The molecule has 0 fully saturated rings. The van der Waals surface area contributed by atoms with Crippen LogP contribution in [0.25, 0.3) is 0 Å². The minimum Gasteiger partial charge on any atom is -0.425 e. The average molecular weight is 236 g/mol. The van der Waals surface area contributed by atoms with Gasteiger partial charge in [-0.25, -0.2) is 0 Å². The van der Waals surface area contributed by atoms with Gasteiger partial charge in [-0.15, -0.1) is 22.0 Å². The van der Waals surface area contributed by atoms with Crippen LogP contribution in [0.3, 0.4) is 0 Å². The van der Waals surface area contributed by atoms with E-state index in [2.05, 4.69) is 10.2 Å². The normalized spacial score (nSPS) is 10.6. The summed E-state index contributed by atoms with van der Waals surface area (Å²) in [6, 6.07) is 7.76. The summed E-state index contributed by atoms with van der Waals surface area (Å²) >= 11 is 1.61. The van der Waals surface area contributed by atoms with Crippen LogP contribution in [0.1, 0.15) is 17.3 Å². The highest BCUT2D eigenvalue weighted by Gasteiger charge is 2.03. The molecular weight excluding hydrogens is 224 g/mol. The minimum atomic E-state index is 0.0636. The molecule has 0 bridgehead atoms. The number of thioether (sulfide) groups is 1. The van der Waals surface area contributed by atoms with Crippen molar-refractivity contribution in [1.82, 2.24) is 10.2 Å². The largest absolute Gasteiger partial charge is 0.425 e. The summed E-state index contributed by atoms with van der Waals surface area (Å²) in [5, 5.41) is 16.7. The molecule has 2 rings (SSSR count). The second-order valence-corrected chi connectivity index (χ2v) is 4.36. The SMILES string of the molecule is Cc1nnc(CSc2cccc(CO)c2)o1. The molecule has 5 heteroatoms. The highest BCUT2D eigenvalue weighted by molar-refractivity contribution is 7.98. The van der Waals surface area contributed by atoms with Gasteiger partial charge in [-0.3, -0.25) is 0 Å². The van der Waals surface area contributed by atoms with Crippen LogP contribution < -0.4 is 0 Å². The van der Waals surface area contributed by atoms with Crippen LogP contribution in [0.2, 0.25) is 0 Å². The van der Waals surface area contributed by atoms with E-state index in [1.807, 2.05) is 24.3 Å². The van der Waals surface area contributed by atoms with Crippen LogP contribution in [0, 0.1) is 6.92 Å². The van der Waals surface area contributed by atoms with E-state index in [-0.39, 0.29) is 6.61 Å². The standard InChI is InChI=1S/C11H12N2O2S/c1-8-12-13-11(15-8)7-16-10-4-2-3-9(5-10)6-14/h2-5,14H,6-7H2,1H3. The van der Waals surface area contributed by atoms with Crippen molar-refractivity contribution >= 4 is 11.8 Å². The molecule has 1 heterocycles. The lowest BCUT2D eigenvalue weighted by atomic mass is 10.2. The second-order valence-electron chi connectivity index (χ2n) is 3.31. The lowest BCUT2D eigenvalue weighted by molar-refractivity contribution is 0.281. The third-order valence-corrected chi connectivity index (χ3v) is 2.99. The predicted molar refractivity (Wildman–Crippen MR) is 61.0 cm³/mol. The smallest absolute Gasteiger partial charge is 0.226 e. The number of benzene rings is 1. The van der Waals surface area contributed by atoms with Crippen molar-refractivity contribution in [2.75, 3.05) is 0 Å². The first kappa shape index (κ1) is 11.2. The van der Waals surface area contributed by atoms with Crippen LogP contribution in [-0.2, 0) is 12.4 Å². The molecule has 0 radical (unpaired) electrons. The Labute approximate surface area is 97.7 Å². The molecule has 16 heavy (non-hydrogen) atoms. The Morgan fingerprint density at radius 3 is 2.94 bits per heavy atom. The molecule has 4 nitrogen and oxygen atoms in total. The summed E-state index contributed by atoms with van der Waals surface area (Å²) in [7, 11) is 0. The molecular formula is C11H12N2O2S. The van der Waals surface area contributed by atoms with E-state index in [9.17, 15) is 0 Å². The Balaban J connectivity index is 1.99. The predicted octanol–water partition coefficient (Wildman–Crippen LogP) is 2.16. The Bertz CT molecular complexity index is 471. The third-order valence-electron chi connectivity index (χ3n) is 2.01. The van der Waals surface area contributed by atoms with Crippen molar-refractivity contribution in [3.05, 3.63) is 41.6 Å². The molecule has 0 amide bonds. The van der Waals surface area contributed by atoms with Crippen molar-refractivity contribution in [2.45, 2.75) is 24.2 Å². The Morgan fingerprint density at radius 2 is 2.25 bits per heavy atom. The topological polar surface area (TPSA) is 59.2 Å². The van der Waals surface area contributed by atoms with E-state index in [4.69, 9.17) is 9.52 Å². The molecule has 0 saturated heterocycles. The molecule has 1 aromatic heterocycles. The van der Waals surface area contributed by atoms with Gasteiger partial charge < -0.3 is 9.52 Å². The first-order chi connectivity index (χ1) is 7.78. The number of aryl methyl sites for hydroxylation is 1. The van der Waals surface area contributed by atoms with E-state index in [1.54, 1.807) is 18.7 Å². The molecule has 0 atom stereocenters. The van der Waals surface area contributed by atoms with E-state index < -0.39 is 0 Å². The monoisotopic (exact) mass is 236 g/mol. The quantitative estimate of drug-likeness (QED) is 0.824. The molecule has 0 aliphatic heterocycles. The van der Waals surface area contributed by atoms with E-state index in [1.165, 1.54) is 0 Å². The van der Waals surface area contributed by atoms with Gasteiger partial charge in [-0.2, -0.15) is 0 Å². The molecule has 2 aromatic rings. The minimum absolute atomic E-state index is 0.0636. The Morgan fingerprint density at radius 1 is 1.38 bits per heavy atom. The van der Waals surface area contributed by atoms with Crippen molar-refractivity contribution in [3.8, 4) is 0 Å². The van der Waals surface area contributed by atoms with Gasteiger partial charge in [-0.1, -0.05) is 12.1 Å². The molecule has 0 saturated carbocycles. The third kappa shape index (κ3) is 2.84. The lowest BCUT2D eigenvalue weighted by Crippen LogP contribution is -1.84. The van der Waals surface area contributed by atoms with E-state index >= 15 is 0 Å².